The number of hydrogen-bond donors (Lipinski definition) is 0. The van der Waals surface area contributed by atoms with Gasteiger partial charge in [-0.15, -0.1) is 0 Å². The van der Waals surface area contributed by atoms with Crippen molar-refractivity contribution in [1.82, 2.24) is 0 Å². The Kier molecular flexibility index (Phi) is 4.31. The van der Waals surface area contributed by atoms with E-state index < -0.39 is 5.97 Å². The second-order valence-corrected chi connectivity index (χ2v) is 4.38. The normalized spacial score (nSPS) is 9.95. The molecule has 3 nitrogen and oxygen atoms in total. The van der Waals surface area contributed by atoms with Gasteiger partial charge >= 0.3 is 5.97 Å². The van der Waals surface area contributed by atoms with Crippen molar-refractivity contribution in [3.63, 3.8) is 0 Å². The lowest BCUT2D eigenvalue weighted by Gasteiger charge is -2.05. The summed E-state index contributed by atoms with van der Waals surface area (Å²) in [6, 6.07) is 13.4. The molecule has 2 rings (SSSR count). The Labute approximate surface area is 115 Å². The quantitative estimate of drug-likeness (QED) is 0.633. The predicted molar refractivity (Wildman–Crippen MR) is 72.4 cm³/mol. The van der Waals surface area contributed by atoms with E-state index in [0.29, 0.717) is 16.1 Å². The molecular weight excluding hydrogens is 264 g/mol. The molecule has 0 bridgehead atoms. The number of hydrogen-bond acceptors (Lipinski definition) is 3. The largest absolute Gasteiger partial charge is 0.457 e. The van der Waals surface area contributed by atoms with Crippen LogP contribution in [0, 0.1) is 0 Å². The Morgan fingerprint density at radius 3 is 2.26 bits per heavy atom. The van der Waals surface area contributed by atoms with E-state index in [4.69, 9.17) is 16.3 Å². The first-order valence-corrected chi connectivity index (χ1v) is 6.03. The summed E-state index contributed by atoms with van der Waals surface area (Å²) >= 11 is 5.76. The van der Waals surface area contributed by atoms with Crippen molar-refractivity contribution in [1.29, 1.82) is 0 Å². The Bertz CT molecular complexity index is 573. The topological polar surface area (TPSA) is 43.4 Å². The van der Waals surface area contributed by atoms with E-state index in [1.54, 1.807) is 48.5 Å². The molecule has 2 aromatic carbocycles. The van der Waals surface area contributed by atoms with Crippen LogP contribution in [0.2, 0.25) is 5.02 Å². The molecule has 0 unspecified atom stereocenters. The highest BCUT2D eigenvalue weighted by Crippen LogP contribution is 2.11. The van der Waals surface area contributed by atoms with E-state index in [1.165, 1.54) is 0 Å². The predicted octanol–water partition coefficient (Wildman–Crippen LogP) is 3.51. The van der Waals surface area contributed by atoms with Gasteiger partial charge in [0, 0.05) is 10.6 Å². The van der Waals surface area contributed by atoms with Gasteiger partial charge in [-0.1, -0.05) is 35.9 Å². The highest BCUT2D eigenvalue weighted by molar-refractivity contribution is 6.30. The van der Waals surface area contributed by atoms with E-state index in [0.717, 1.165) is 11.8 Å². The molecule has 0 saturated carbocycles. The van der Waals surface area contributed by atoms with E-state index in [1.807, 2.05) is 0 Å². The molecule has 0 aliphatic heterocycles. The van der Waals surface area contributed by atoms with E-state index in [2.05, 4.69) is 0 Å². The number of benzene rings is 2. The lowest BCUT2D eigenvalue weighted by atomic mass is 10.1. The van der Waals surface area contributed by atoms with Gasteiger partial charge in [-0.05, 0) is 29.8 Å². The number of rotatable bonds is 4. The van der Waals surface area contributed by atoms with Crippen molar-refractivity contribution < 1.29 is 14.3 Å². The maximum atomic E-state index is 11.7. The van der Waals surface area contributed by atoms with Gasteiger partial charge in [-0.3, -0.25) is 4.79 Å². The zero-order valence-electron chi connectivity index (χ0n) is 10.0. The summed E-state index contributed by atoms with van der Waals surface area (Å²) in [4.78, 5) is 22.2. The van der Waals surface area contributed by atoms with Crippen molar-refractivity contribution in [2.75, 3.05) is 0 Å². The molecule has 96 valence electrons. The summed E-state index contributed by atoms with van der Waals surface area (Å²) in [5.74, 6) is -0.424. The fraction of sp³-hybridized carbons (Fsp3) is 0.0667. The van der Waals surface area contributed by atoms with Crippen LogP contribution in [0.1, 0.15) is 26.3 Å². The molecule has 0 saturated heterocycles. The van der Waals surface area contributed by atoms with Gasteiger partial charge in [0.25, 0.3) is 0 Å². The minimum Gasteiger partial charge on any atom is -0.457 e. The molecule has 0 N–H and O–H groups in total. The molecule has 0 aliphatic carbocycles. The molecule has 0 aliphatic rings. The summed E-state index contributed by atoms with van der Waals surface area (Å²) in [5.41, 5.74) is 1.80. The molecule has 0 fully saturated rings. The van der Waals surface area contributed by atoms with E-state index >= 15 is 0 Å². The Morgan fingerprint density at radius 1 is 1.05 bits per heavy atom. The molecule has 4 heteroatoms. The van der Waals surface area contributed by atoms with Crippen molar-refractivity contribution in [2.24, 2.45) is 0 Å². The number of carbonyl (C=O) groups excluding carboxylic acids is 2. The average molecular weight is 275 g/mol. The second kappa shape index (κ2) is 6.16. The molecule has 0 heterocycles. The van der Waals surface area contributed by atoms with Crippen LogP contribution in [0.4, 0.5) is 0 Å². The summed E-state index contributed by atoms with van der Waals surface area (Å²) in [6.07, 6.45) is 0.725. The van der Waals surface area contributed by atoms with Crippen LogP contribution in [0.15, 0.2) is 48.5 Å². The van der Waals surface area contributed by atoms with Crippen molar-refractivity contribution in [3.05, 3.63) is 70.2 Å². The smallest absolute Gasteiger partial charge is 0.338 e. The molecular formula is C15H11ClO3. The van der Waals surface area contributed by atoms with Gasteiger partial charge < -0.3 is 4.74 Å². The zero-order chi connectivity index (χ0) is 13.7. The van der Waals surface area contributed by atoms with Gasteiger partial charge in [-0.2, -0.15) is 0 Å². The fourth-order valence-electron chi connectivity index (χ4n) is 1.51. The number of halogens is 1. The van der Waals surface area contributed by atoms with Gasteiger partial charge in [0.05, 0.1) is 5.56 Å². The number of esters is 1. The summed E-state index contributed by atoms with van der Waals surface area (Å²) in [6.45, 7) is 0.186. The molecule has 19 heavy (non-hydrogen) atoms. The molecule has 0 spiro atoms. The van der Waals surface area contributed by atoms with Crippen molar-refractivity contribution in [3.8, 4) is 0 Å². The number of ether oxygens (including phenoxy) is 1. The van der Waals surface area contributed by atoms with Crippen LogP contribution < -0.4 is 0 Å². The van der Waals surface area contributed by atoms with Gasteiger partial charge in [0.1, 0.15) is 12.9 Å². The third-order valence-electron chi connectivity index (χ3n) is 2.57. The summed E-state index contributed by atoms with van der Waals surface area (Å²) < 4.78 is 5.16. The van der Waals surface area contributed by atoms with Crippen LogP contribution in [-0.4, -0.2) is 12.3 Å². The third-order valence-corrected chi connectivity index (χ3v) is 2.82. The van der Waals surface area contributed by atoms with Crippen LogP contribution in [-0.2, 0) is 11.3 Å². The van der Waals surface area contributed by atoms with Crippen LogP contribution in [0.3, 0.4) is 0 Å². The monoisotopic (exact) mass is 274 g/mol. The number of carbonyl (C=O) groups is 2. The van der Waals surface area contributed by atoms with Crippen molar-refractivity contribution in [2.45, 2.75) is 6.61 Å². The Morgan fingerprint density at radius 2 is 1.68 bits per heavy atom. The maximum absolute atomic E-state index is 11.7. The lowest BCUT2D eigenvalue weighted by Crippen LogP contribution is -2.05. The SMILES string of the molecule is O=Cc1ccc(C(=O)OCc2ccc(Cl)cc2)cc1. The minimum atomic E-state index is -0.424. The fourth-order valence-corrected chi connectivity index (χ4v) is 1.64. The lowest BCUT2D eigenvalue weighted by molar-refractivity contribution is 0.0472. The first-order valence-electron chi connectivity index (χ1n) is 5.66. The highest BCUT2D eigenvalue weighted by atomic mass is 35.5. The van der Waals surface area contributed by atoms with Crippen molar-refractivity contribution >= 4 is 23.9 Å². The van der Waals surface area contributed by atoms with Gasteiger partial charge in [0.2, 0.25) is 0 Å². The second-order valence-electron chi connectivity index (χ2n) is 3.94. The van der Waals surface area contributed by atoms with Gasteiger partial charge in [-0.25, -0.2) is 4.79 Å². The highest BCUT2D eigenvalue weighted by Gasteiger charge is 2.07. The standard InChI is InChI=1S/C15H11ClO3/c16-14-7-3-12(4-8-14)10-19-15(18)13-5-1-11(9-17)2-6-13/h1-9H,10H2. The van der Waals surface area contributed by atoms with Crippen LogP contribution in [0.5, 0.6) is 0 Å². The minimum absolute atomic E-state index is 0.186. The summed E-state index contributed by atoms with van der Waals surface area (Å²) in [7, 11) is 0. The Balaban J connectivity index is 1.96. The average Bonchev–Trinajstić information content (AvgIpc) is 2.46. The number of aldehydes is 1. The molecule has 0 amide bonds. The summed E-state index contributed by atoms with van der Waals surface area (Å²) in [5, 5.41) is 0.638. The molecule has 0 aromatic heterocycles. The zero-order valence-corrected chi connectivity index (χ0v) is 10.8. The van der Waals surface area contributed by atoms with E-state index in [-0.39, 0.29) is 6.61 Å². The first-order chi connectivity index (χ1) is 9.19. The van der Waals surface area contributed by atoms with Crippen LogP contribution in [0.25, 0.3) is 0 Å². The van der Waals surface area contributed by atoms with E-state index in [9.17, 15) is 9.59 Å². The third kappa shape index (κ3) is 3.66. The maximum Gasteiger partial charge on any atom is 0.338 e. The van der Waals surface area contributed by atoms with Crippen LogP contribution >= 0.6 is 11.6 Å². The molecule has 0 radical (unpaired) electrons. The first kappa shape index (κ1) is 13.3. The molecule has 2 aromatic rings. The molecule has 0 atom stereocenters. The van der Waals surface area contributed by atoms with Gasteiger partial charge in [0.15, 0.2) is 0 Å². The Hall–Kier alpha value is -2.13.